The second-order valence-electron chi connectivity index (χ2n) is 3.38. The lowest BCUT2D eigenvalue weighted by Gasteiger charge is -2.13. The van der Waals surface area contributed by atoms with Gasteiger partial charge in [0.1, 0.15) is 0 Å². The molecule has 1 nitrogen and oxygen atoms in total. The molecule has 1 heteroatoms. The summed E-state index contributed by atoms with van der Waals surface area (Å²) in [7, 11) is 0. The highest BCUT2D eigenvalue weighted by Crippen LogP contribution is 2.17. The van der Waals surface area contributed by atoms with Gasteiger partial charge in [-0.3, -0.25) is 4.79 Å². The van der Waals surface area contributed by atoms with Crippen LogP contribution < -0.4 is 0 Å². The topological polar surface area (TPSA) is 17.1 Å². The molecule has 0 saturated carbocycles. The smallest absolute Gasteiger partial charge is 0.162 e. The van der Waals surface area contributed by atoms with E-state index in [2.05, 4.69) is 13.8 Å². The number of rotatable bonds is 2. The van der Waals surface area contributed by atoms with E-state index in [9.17, 15) is 4.79 Å². The van der Waals surface area contributed by atoms with Crippen molar-refractivity contribution >= 4 is 5.78 Å². The molecule has 0 spiro atoms. The van der Waals surface area contributed by atoms with Crippen LogP contribution in [0.15, 0.2) is 24.3 Å². The molecule has 0 heterocycles. The summed E-state index contributed by atoms with van der Waals surface area (Å²) < 4.78 is 0. The molecule has 0 aromatic heterocycles. The summed E-state index contributed by atoms with van der Waals surface area (Å²) in [5.41, 5.74) is 0. The monoisotopic (exact) mass is 150 g/mol. The van der Waals surface area contributed by atoms with E-state index in [1.54, 1.807) is 12.2 Å². The number of hydrogen-bond donors (Lipinski definition) is 0. The van der Waals surface area contributed by atoms with Crippen molar-refractivity contribution in [2.24, 2.45) is 11.8 Å². The predicted octanol–water partition coefficient (Wildman–Crippen LogP) is 2.34. The molecule has 0 fully saturated rings. The highest BCUT2D eigenvalue weighted by molar-refractivity contribution is 5.94. The number of ketones is 1. The lowest BCUT2D eigenvalue weighted by molar-refractivity contribution is -0.117. The van der Waals surface area contributed by atoms with Gasteiger partial charge in [-0.1, -0.05) is 32.1 Å². The second-order valence-corrected chi connectivity index (χ2v) is 3.38. The lowest BCUT2D eigenvalue weighted by atomic mass is 9.90. The minimum absolute atomic E-state index is 0.139. The van der Waals surface area contributed by atoms with Crippen LogP contribution >= 0.6 is 0 Å². The summed E-state index contributed by atoms with van der Waals surface area (Å²) in [4.78, 5) is 11.2. The van der Waals surface area contributed by atoms with Crippen LogP contribution in [0.1, 0.15) is 20.3 Å². The SMILES string of the molecule is CC(C)CC1C=CC=CC1=O. The largest absolute Gasteiger partial charge is 0.294 e. The molecule has 0 aromatic rings. The van der Waals surface area contributed by atoms with E-state index in [0.29, 0.717) is 5.92 Å². The summed E-state index contributed by atoms with van der Waals surface area (Å²) in [6.07, 6.45) is 8.38. The average Bonchev–Trinajstić information content (AvgIpc) is 1.93. The molecule has 0 saturated heterocycles. The molecular formula is C10H14O. The molecular weight excluding hydrogens is 136 g/mol. The first kappa shape index (κ1) is 8.25. The van der Waals surface area contributed by atoms with E-state index in [1.807, 2.05) is 12.2 Å². The van der Waals surface area contributed by atoms with E-state index in [0.717, 1.165) is 6.42 Å². The van der Waals surface area contributed by atoms with Gasteiger partial charge in [-0.2, -0.15) is 0 Å². The molecule has 0 aliphatic heterocycles. The summed E-state index contributed by atoms with van der Waals surface area (Å²) in [6.45, 7) is 4.28. The van der Waals surface area contributed by atoms with Gasteiger partial charge in [0, 0.05) is 5.92 Å². The second kappa shape index (κ2) is 3.51. The van der Waals surface area contributed by atoms with Crippen molar-refractivity contribution in [3.8, 4) is 0 Å². The maximum absolute atomic E-state index is 11.2. The molecule has 1 unspecified atom stereocenters. The summed E-state index contributed by atoms with van der Waals surface area (Å²) in [5, 5.41) is 0. The Morgan fingerprint density at radius 2 is 2.18 bits per heavy atom. The van der Waals surface area contributed by atoms with Gasteiger partial charge < -0.3 is 0 Å². The zero-order chi connectivity index (χ0) is 8.27. The molecule has 11 heavy (non-hydrogen) atoms. The van der Waals surface area contributed by atoms with E-state index >= 15 is 0 Å². The zero-order valence-corrected chi connectivity index (χ0v) is 7.08. The maximum Gasteiger partial charge on any atom is 0.162 e. The standard InChI is InChI=1S/C10H14O/c1-8(2)7-9-5-3-4-6-10(9)11/h3-6,8-9H,7H2,1-2H3. The van der Waals surface area contributed by atoms with E-state index in [1.165, 1.54) is 0 Å². The Balaban J connectivity index is 2.52. The number of carbonyl (C=O) groups is 1. The van der Waals surface area contributed by atoms with Crippen molar-refractivity contribution in [1.29, 1.82) is 0 Å². The summed E-state index contributed by atoms with van der Waals surface area (Å²) in [6, 6.07) is 0. The van der Waals surface area contributed by atoms with E-state index < -0.39 is 0 Å². The molecule has 0 radical (unpaired) electrons. The summed E-state index contributed by atoms with van der Waals surface area (Å²) >= 11 is 0. The first-order valence-corrected chi connectivity index (χ1v) is 4.09. The lowest BCUT2D eigenvalue weighted by Crippen LogP contribution is -2.13. The van der Waals surface area contributed by atoms with Crippen LogP contribution in [0.2, 0.25) is 0 Å². The van der Waals surface area contributed by atoms with Crippen LogP contribution in [-0.4, -0.2) is 5.78 Å². The van der Waals surface area contributed by atoms with Crippen LogP contribution in [0.5, 0.6) is 0 Å². The van der Waals surface area contributed by atoms with Crippen LogP contribution in [-0.2, 0) is 4.79 Å². The number of hydrogen-bond acceptors (Lipinski definition) is 1. The number of allylic oxidation sites excluding steroid dienone is 4. The molecule has 0 aromatic carbocycles. The van der Waals surface area contributed by atoms with Crippen LogP contribution in [0.3, 0.4) is 0 Å². The third-order valence-electron chi connectivity index (χ3n) is 1.81. The Labute approximate surface area is 67.8 Å². The van der Waals surface area contributed by atoms with Gasteiger partial charge in [0.05, 0.1) is 0 Å². The Bertz CT molecular complexity index is 199. The molecule has 1 aliphatic carbocycles. The van der Waals surface area contributed by atoms with Gasteiger partial charge in [-0.15, -0.1) is 0 Å². The quantitative estimate of drug-likeness (QED) is 0.590. The van der Waals surface area contributed by atoms with Gasteiger partial charge in [0.2, 0.25) is 0 Å². The molecule has 0 amide bonds. The molecule has 1 atom stereocenters. The summed E-state index contributed by atoms with van der Waals surface area (Å²) in [5.74, 6) is 0.987. The minimum Gasteiger partial charge on any atom is -0.294 e. The Hall–Kier alpha value is -0.850. The highest BCUT2D eigenvalue weighted by atomic mass is 16.1. The van der Waals surface area contributed by atoms with Gasteiger partial charge in [-0.05, 0) is 18.4 Å². The Morgan fingerprint density at radius 1 is 1.45 bits per heavy atom. The van der Waals surface area contributed by atoms with Gasteiger partial charge >= 0.3 is 0 Å². The molecule has 0 bridgehead atoms. The Morgan fingerprint density at radius 3 is 2.73 bits per heavy atom. The van der Waals surface area contributed by atoms with Crippen LogP contribution in [0.25, 0.3) is 0 Å². The van der Waals surface area contributed by atoms with Crippen molar-refractivity contribution in [2.45, 2.75) is 20.3 Å². The van der Waals surface area contributed by atoms with Gasteiger partial charge in [-0.25, -0.2) is 0 Å². The van der Waals surface area contributed by atoms with Crippen molar-refractivity contribution in [1.82, 2.24) is 0 Å². The Kier molecular flexibility index (Phi) is 2.64. The first-order chi connectivity index (χ1) is 5.20. The fraction of sp³-hybridized carbons (Fsp3) is 0.500. The van der Waals surface area contributed by atoms with Crippen molar-refractivity contribution in [3.63, 3.8) is 0 Å². The first-order valence-electron chi connectivity index (χ1n) is 4.09. The van der Waals surface area contributed by atoms with Gasteiger partial charge in [0.15, 0.2) is 5.78 Å². The normalized spacial score (nSPS) is 23.2. The van der Waals surface area contributed by atoms with Crippen molar-refractivity contribution in [2.75, 3.05) is 0 Å². The highest BCUT2D eigenvalue weighted by Gasteiger charge is 2.15. The van der Waals surface area contributed by atoms with E-state index in [4.69, 9.17) is 0 Å². The van der Waals surface area contributed by atoms with Crippen molar-refractivity contribution < 1.29 is 4.79 Å². The maximum atomic E-state index is 11.2. The van der Waals surface area contributed by atoms with Crippen LogP contribution in [0, 0.1) is 11.8 Å². The molecule has 60 valence electrons. The third kappa shape index (κ3) is 2.34. The average molecular weight is 150 g/mol. The van der Waals surface area contributed by atoms with Crippen LogP contribution in [0.4, 0.5) is 0 Å². The van der Waals surface area contributed by atoms with Gasteiger partial charge in [0.25, 0.3) is 0 Å². The molecule has 0 N–H and O–H groups in total. The minimum atomic E-state index is 0.139. The molecule has 1 rings (SSSR count). The van der Waals surface area contributed by atoms with E-state index in [-0.39, 0.29) is 11.7 Å². The fourth-order valence-electron chi connectivity index (χ4n) is 1.27. The predicted molar refractivity (Wildman–Crippen MR) is 46.2 cm³/mol. The third-order valence-corrected chi connectivity index (χ3v) is 1.81. The van der Waals surface area contributed by atoms with Crippen molar-refractivity contribution in [3.05, 3.63) is 24.3 Å². The fourth-order valence-corrected chi connectivity index (χ4v) is 1.27. The zero-order valence-electron chi connectivity index (χ0n) is 7.08. The molecule has 1 aliphatic rings. The number of carbonyl (C=O) groups excluding carboxylic acids is 1.